The second kappa shape index (κ2) is 17.4. The van der Waals surface area contributed by atoms with E-state index < -0.39 is 60.6 Å². The number of hydrogen-bond donors (Lipinski definition) is 0. The first-order chi connectivity index (χ1) is 27.3. The highest BCUT2D eigenvalue weighted by Gasteiger charge is 2.56. The molecule has 6 atom stereocenters. The van der Waals surface area contributed by atoms with Gasteiger partial charge in [0.15, 0.2) is 24.0 Å². The molecule has 57 heavy (non-hydrogen) atoms. The van der Waals surface area contributed by atoms with Gasteiger partial charge in [0, 0.05) is 56.2 Å². The molecule has 1 unspecified atom stereocenters. The Morgan fingerprint density at radius 1 is 1.00 bits per heavy atom. The zero-order valence-corrected chi connectivity index (χ0v) is 32.5. The van der Waals surface area contributed by atoms with E-state index >= 15 is 0 Å². The average molecular weight is 806 g/mol. The summed E-state index contributed by atoms with van der Waals surface area (Å²) in [4.78, 5) is 74.1. The molecule has 4 aromatic rings. The van der Waals surface area contributed by atoms with Gasteiger partial charge in [-0.05, 0) is 43.0 Å². The fraction of sp³-hybridized carbons (Fsp3) is 0.447. The molecule has 0 bridgehead atoms. The molecule has 1 amide bonds. The van der Waals surface area contributed by atoms with E-state index in [9.17, 15) is 29.2 Å². The van der Waals surface area contributed by atoms with Crippen LogP contribution >= 0.6 is 11.6 Å². The number of halogens is 1. The van der Waals surface area contributed by atoms with Crippen LogP contribution in [-0.4, -0.2) is 99.1 Å². The maximum absolute atomic E-state index is 14.3. The highest BCUT2D eigenvalue weighted by Crippen LogP contribution is 2.39. The van der Waals surface area contributed by atoms with Gasteiger partial charge >= 0.3 is 29.9 Å². The molecule has 4 heterocycles. The van der Waals surface area contributed by atoms with E-state index in [1.165, 1.54) is 47.2 Å². The Bertz CT molecular complexity index is 2210. The van der Waals surface area contributed by atoms with Crippen molar-refractivity contribution in [3.05, 3.63) is 54.2 Å². The molecule has 19 heteroatoms. The van der Waals surface area contributed by atoms with E-state index in [0.717, 1.165) is 53.6 Å². The number of carbonyl (C=O) groups is 5. The van der Waals surface area contributed by atoms with Gasteiger partial charge in [-0.25, -0.2) is 19.6 Å². The fourth-order valence-corrected chi connectivity index (χ4v) is 7.47. The Labute approximate surface area is 331 Å². The van der Waals surface area contributed by atoms with E-state index in [-0.39, 0.29) is 28.1 Å². The summed E-state index contributed by atoms with van der Waals surface area (Å²) in [5.74, 6) is -3.26. The summed E-state index contributed by atoms with van der Waals surface area (Å²) in [5.41, 5.74) is 1.61. The number of carbonyl (C=O) groups excluding carboxylic acids is 5. The largest absolute Gasteiger partial charge is 0.467 e. The number of nitrogens with zero attached hydrogens (tertiary/aromatic N) is 7. The predicted molar refractivity (Wildman–Crippen MR) is 199 cm³/mol. The second-order valence-corrected chi connectivity index (χ2v) is 14.0. The van der Waals surface area contributed by atoms with Gasteiger partial charge in [0.1, 0.15) is 12.1 Å². The van der Waals surface area contributed by atoms with Crippen LogP contribution in [0.15, 0.2) is 49.2 Å². The summed E-state index contributed by atoms with van der Waals surface area (Å²) in [6, 6.07) is 7.65. The first kappa shape index (κ1) is 40.6. The minimum absolute atomic E-state index is 0.0399. The van der Waals surface area contributed by atoms with Gasteiger partial charge in [-0.3, -0.25) is 28.5 Å². The van der Waals surface area contributed by atoms with Crippen LogP contribution < -0.4 is 9.64 Å². The van der Waals surface area contributed by atoms with E-state index in [2.05, 4.69) is 21.1 Å². The summed E-state index contributed by atoms with van der Waals surface area (Å²) >= 11 is 6.42. The lowest BCUT2D eigenvalue weighted by molar-refractivity contribution is -0.282. The Hall–Kier alpha value is -6.06. The minimum atomic E-state index is -1.71. The molecular formula is C38H40ClN7O11. The Kier molecular flexibility index (Phi) is 12.4. The number of benzene rings is 1. The van der Waals surface area contributed by atoms with Crippen LogP contribution in [0.2, 0.25) is 5.02 Å². The number of aromatic nitrogens is 5. The number of fused-ring (bicyclic) bond motifs is 1. The Balaban J connectivity index is 1.32. The molecule has 18 nitrogen and oxygen atoms in total. The second-order valence-electron chi connectivity index (χ2n) is 13.6. The molecule has 1 saturated carbocycles. The zero-order chi connectivity index (χ0) is 41.0. The van der Waals surface area contributed by atoms with E-state index in [1.54, 1.807) is 12.3 Å². The van der Waals surface area contributed by atoms with Crippen LogP contribution in [-0.2, 0) is 42.9 Å². The molecule has 1 saturated heterocycles. The highest BCUT2D eigenvalue weighted by molar-refractivity contribution is 6.31. The maximum Gasteiger partial charge on any atom is 0.339 e. The van der Waals surface area contributed by atoms with Gasteiger partial charge in [0.05, 0.1) is 43.2 Å². The van der Waals surface area contributed by atoms with Crippen LogP contribution in [0.3, 0.4) is 0 Å². The molecule has 0 N–H and O–H groups in total. The first-order valence-corrected chi connectivity index (χ1v) is 18.4. The standard InChI is InChI=1S/C38H40ClN7O11/c1-20(47)53-31-32(54-21(2)48)34(55-22(3)49)37(57-33(31)36(50)52-5)56-29-11-10-25(39)16-28(29)44(4)38(51)45-15-13-26-30(41-19-42-35(26)45)24-17-43-46(18-24)27(12-14-40)23-8-6-7-9-23/h10-11,13,15-19,23,27,31-34,37H,6-9,12H2,1-5H3/t27?,31-,32-,33-,34+,37+/m0/s1. The van der Waals surface area contributed by atoms with Crippen molar-refractivity contribution in [3.8, 4) is 23.1 Å². The number of esters is 4. The van der Waals surface area contributed by atoms with Crippen molar-refractivity contribution in [3.63, 3.8) is 0 Å². The SMILES string of the molecule is COC(=O)[C@H]1O[C@@H](Oc2ccc(Cl)cc2N(C)C(=O)n2ccc3c(-c4cnn(C(CC#N)C5CCCC5)c4)ncnc32)[C@H](OC(C)=O)[C@@H](OC(C)=O)[C@@H]1OC(C)=O. The van der Waals surface area contributed by atoms with Crippen LogP contribution in [0.4, 0.5) is 10.5 Å². The van der Waals surface area contributed by atoms with Crippen molar-refractivity contribution in [1.29, 1.82) is 5.26 Å². The number of ether oxygens (including phenoxy) is 6. The molecule has 0 radical (unpaired) electrons. The number of nitriles is 1. The van der Waals surface area contributed by atoms with Gasteiger partial charge in [0.25, 0.3) is 0 Å². The number of hydrogen-bond acceptors (Lipinski definition) is 15. The van der Waals surface area contributed by atoms with Crippen molar-refractivity contribution in [2.24, 2.45) is 5.92 Å². The van der Waals surface area contributed by atoms with E-state index in [0.29, 0.717) is 29.0 Å². The van der Waals surface area contributed by atoms with Crippen LogP contribution in [0.5, 0.6) is 5.75 Å². The van der Waals surface area contributed by atoms with Crippen LogP contribution in [0, 0.1) is 17.2 Å². The number of anilines is 1. The predicted octanol–water partition coefficient (Wildman–Crippen LogP) is 4.77. The molecule has 1 aliphatic carbocycles. The lowest BCUT2D eigenvalue weighted by atomic mass is 9.96. The molecule has 300 valence electrons. The van der Waals surface area contributed by atoms with Crippen LogP contribution in [0.1, 0.15) is 58.9 Å². The molecule has 6 rings (SSSR count). The summed E-state index contributed by atoms with van der Waals surface area (Å²) < 4.78 is 36.4. The summed E-state index contributed by atoms with van der Waals surface area (Å²) in [6.07, 6.45) is 2.89. The average Bonchev–Trinajstić information content (AvgIpc) is 3.97. The van der Waals surface area contributed by atoms with E-state index in [1.807, 2.05) is 10.9 Å². The van der Waals surface area contributed by atoms with Gasteiger partial charge < -0.3 is 28.4 Å². The maximum atomic E-state index is 14.3. The monoisotopic (exact) mass is 805 g/mol. The third-order valence-corrected chi connectivity index (χ3v) is 10.0. The first-order valence-electron chi connectivity index (χ1n) is 18.0. The van der Waals surface area contributed by atoms with Crippen molar-refractivity contribution in [1.82, 2.24) is 24.3 Å². The van der Waals surface area contributed by atoms with Gasteiger partial charge in [-0.2, -0.15) is 10.4 Å². The Morgan fingerprint density at radius 2 is 1.68 bits per heavy atom. The highest BCUT2D eigenvalue weighted by atomic mass is 35.5. The smallest absolute Gasteiger partial charge is 0.339 e. The molecule has 1 aromatic carbocycles. The molecule has 3 aromatic heterocycles. The fourth-order valence-electron chi connectivity index (χ4n) is 7.31. The lowest BCUT2D eigenvalue weighted by Crippen LogP contribution is -2.64. The van der Waals surface area contributed by atoms with Gasteiger partial charge in [-0.1, -0.05) is 24.4 Å². The summed E-state index contributed by atoms with van der Waals surface area (Å²) in [6.45, 7) is 3.22. The van der Waals surface area contributed by atoms with E-state index in [4.69, 9.17) is 40.0 Å². The van der Waals surface area contributed by atoms with Crippen molar-refractivity contribution >= 4 is 58.2 Å². The summed E-state index contributed by atoms with van der Waals surface area (Å²) in [7, 11) is 2.52. The van der Waals surface area contributed by atoms with Crippen LogP contribution in [0.25, 0.3) is 22.3 Å². The molecule has 2 fully saturated rings. The minimum Gasteiger partial charge on any atom is -0.467 e. The van der Waals surface area contributed by atoms with Gasteiger partial charge in [-0.15, -0.1) is 0 Å². The van der Waals surface area contributed by atoms with Crippen molar-refractivity contribution in [2.45, 2.75) is 89.6 Å². The third kappa shape index (κ3) is 8.69. The number of rotatable bonds is 11. The number of methoxy groups -OCH3 is 1. The quantitative estimate of drug-likeness (QED) is 0.147. The summed E-state index contributed by atoms with van der Waals surface area (Å²) in [5, 5.41) is 14.9. The van der Waals surface area contributed by atoms with Gasteiger partial charge in [0.2, 0.25) is 12.4 Å². The lowest BCUT2D eigenvalue weighted by Gasteiger charge is -2.43. The topological polar surface area (TPSA) is 216 Å². The number of amides is 1. The molecule has 2 aliphatic rings. The third-order valence-electron chi connectivity index (χ3n) is 9.79. The van der Waals surface area contributed by atoms with Crippen molar-refractivity contribution < 1.29 is 52.4 Å². The Morgan fingerprint density at radius 3 is 2.35 bits per heavy atom. The zero-order valence-electron chi connectivity index (χ0n) is 31.7. The molecular weight excluding hydrogens is 766 g/mol. The van der Waals surface area contributed by atoms with Crippen molar-refractivity contribution in [2.75, 3.05) is 19.1 Å². The molecule has 1 aliphatic heterocycles. The normalized spacial score (nSPS) is 21.2. The molecule has 0 spiro atoms.